The van der Waals surface area contributed by atoms with E-state index in [1.165, 1.54) is 6.42 Å². The lowest BCUT2D eigenvalue weighted by molar-refractivity contribution is 0.0907. The van der Waals surface area contributed by atoms with Crippen LogP contribution in [0.3, 0.4) is 0 Å². The Balaban J connectivity index is 2.05. The Morgan fingerprint density at radius 1 is 1.30 bits per heavy atom. The van der Waals surface area contributed by atoms with Crippen LogP contribution in [0.25, 0.3) is 0 Å². The predicted octanol–water partition coefficient (Wildman–Crippen LogP) is 2.83. The van der Waals surface area contributed by atoms with E-state index in [2.05, 4.69) is 19.2 Å². The van der Waals surface area contributed by atoms with Crippen LogP contribution in [0.2, 0.25) is 0 Å². The highest BCUT2D eigenvalue weighted by Crippen LogP contribution is 2.30. The quantitative estimate of drug-likeness (QED) is 0.834. The minimum absolute atomic E-state index is 0.0754. The van der Waals surface area contributed by atoms with Crippen molar-refractivity contribution < 1.29 is 9.53 Å². The van der Waals surface area contributed by atoms with Gasteiger partial charge in [0.25, 0.3) is 5.91 Å². The minimum atomic E-state index is -0.0754. The average Bonchev–Trinajstić information content (AvgIpc) is 2.42. The maximum Gasteiger partial charge on any atom is 0.255 e. The summed E-state index contributed by atoms with van der Waals surface area (Å²) in [4.78, 5) is 12.4. The van der Waals surface area contributed by atoms with Crippen molar-refractivity contribution in [2.24, 2.45) is 11.8 Å². The van der Waals surface area contributed by atoms with Gasteiger partial charge in [0.1, 0.15) is 5.75 Å². The molecular formula is C16H24N2O2. The zero-order chi connectivity index (χ0) is 14.7. The third kappa shape index (κ3) is 3.24. The summed E-state index contributed by atoms with van der Waals surface area (Å²) in [5.41, 5.74) is 6.85. The molecule has 1 aromatic carbocycles. The van der Waals surface area contributed by atoms with Crippen LogP contribution in [0.15, 0.2) is 18.2 Å². The summed E-state index contributed by atoms with van der Waals surface area (Å²) in [5.74, 6) is 1.85. The summed E-state index contributed by atoms with van der Waals surface area (Å²) in [6, 6.07) is 5.39. The second kappa shape index (κ2) is 6.16. The van der Waals surface area contributed by atoms with Gasteiger partial charge >= 0.3 is 0 Å². The molecule has 3 unspecified atom stereocenters. The van der Waals surface area contributed by atoms with Crippen molar-refractivity contribution >= 4 is 11.6 Å². The van der Waals surface area contributed by atoms with E-state index in [4.69, 9.17) is 10.5 Å². The van der Waals surface area contributed by atoms with E-state index in [1.54, 1.807) is 25.3 Å². The molecule has 0 heterocycles. The van der Waals surface area contributed by atoms with E-state index in [9.17, 15) is 4.79 Å². The van der Waals surface area contributed by atoms with E-state index < -0.39 is 0 Å². The number of carbonyl (C=O) groups excluding carboxylic acids is 1. The Morgan fingerprint density at radius 2 is 2.05 bits per heavy atom. The Labute approximate surface area is 120 Å². The zero-order valence-electron chi connectivity index (χ0n) is 12.5. The first-order chi connectivity index (χ1) is 9.51. The first kappa shape index (κ1) is 14.7. The molecule has 1 aliphatic carbocycles. The van der Waals surface area contributed by atoms with E-state index >= 15 is 0 Å². The fraction of sp³-hybridized carbons (Fsp3) is 0.562. The average molecular weight is 276 g/mol. The highest BCUT2D eigenvalue weighted by Gasteiger charge is 2.26. The molecule has 4 nitrogen and oxygen atoms in total. The van der Waals surface area contributed by atoms with Gasteiger partial charge in [-0.15, -0.1) is 0 Å². The molecular weight excluding hydrogens is 252 g/mol. The summed E-state index contributed by atoms with van der Waals surface area (Å²) in [7, 11) is 1.55. The number of ether oxygens (including phenoxy) is 1. The number of nitrogens with two attached hydrogens (primary N) is 1. The zero-order valence-corrected chi connectivity index (χ0v) is 12.5. The number of hydrogen-bond donors (Lipinski definition) is 2. The summed E-state index contributed by atoms with van der Waals surface area (Å²) in [5, 5.41) is 3.12. The summed E-state index contributed by atoms with van der Waals surface area (Å²) in [6.07, 6.45) is 3.27. The van der Waals surface area contributed by atoms with Gasteiger partial charge in [0.2, 0.25) is 0 Å². The molecule has 0 radical (unpaired) electrons. The van der Waals surface area contributed by atoms with Gasteiger partial charge in [-0.25, -0.2) is 0 Å². The Morgan fingerprint density at radius 3 is 2.70 bits per heavy atom. The Bertz CT molecular complexity index is 487. The summed E-state index contributed by atoms with van der Waals surface area (Å²) < 4.78 is 5.23. The first-order valence-electron chi connectivity index (χ1n) is 7.25. The Kier molecular flexibility index (Phi) is 4.53. The van der Waals surface area contributed by atoms with E-state index in [1.807, 2.05) is 0 Å². The number of amides is 1. The lowest BCUT2D eigenvalue weighted by Gasteiger charge is -2.32. The van der Waals surface area contributed by atoms with Crippen molar-refractivity contribution in [2.75, 3.05) is 12.8 Å². The van der Waals surface area contributed by atoms with Crippen LogP contribution in [-0.2, 0) is 0 Å². The third-order valence-electron chi connectivity index (χ3n) is 4.40. The van der Waals surface area contributed by atoms with Crippen molar-refractivity contribution in [1.29, 1.82) is 0 Å². The number of methoxy groups -OCH3 is 1. The molecule has 0 bridgehead atoms. The first-order valence-corrected chi connectivity index (χ1v) is 7.25. The molecule has 110 valence electrons. The predicted molar refractivity (Wildman–Crippen MR) is 80.8 cm³/mol. The largest absolute Gasteiger partial charge is 0.496 e. The number of nitrogens with one attached hydrogen (secondary N) is 1. The Hall–Kier alpha value is -1.71. The number of rotatable bonds is 3. The standard InChI is InChI=1S/C16H24N2O2/c1-10-4-6-13(8-11(10)2)18-16(19)14-7-5-12(17)9-15(14)20-3/h5,7,9-11,13H,4,6,8,17H2,1-3H3,(H,18,19). The smallest absolute Gasteiger partial charge is 0.255 e. The molecule has 2 rings (SSSR count). The molecule has 0 aliphatic heterocycles. The van der Waals surface area contributed by atoms with Crippen LogP contribution >= 0.6 is 0 Å². The summed E-state index contributed by atoms with van der Waals surface area (Å²) in [6.45, 7) is 4.54. The number of carbonyl (C=O) groups is 1. The van der Waals surface area contributed by atoms with Crippen LogP contribution in [0.5, 0.6) is 5.75 Å². The maximum absolute atomic E-state index is 12.4. The van der Waals surface area contributed by atoms with Gasteiger partial charge in [-0.2, -0.15) is 0 Å². The minimum Gasteiger partial charge on any atom is -0.496 e. The maximum atomic E-state index is 12.4. The van der Waals surface area contributed by atoms with Crippen LogP contribution < -0.4 is 15.8 Å². The van der Waals surface area contributed by atoms with E-state index in [-0.39, 0.29) is 11.9 Å². The van der Waals surface area contributed by atoms with Gasteiger partial charge in [-0.3, -0.25) is 4.79 Å². The molecule has 1 saturated carbocycles. The molecule has 1 fully saturated rings. The van der Waals surface area contributed by atoms with E-state index in [0.29, 0.717) is 22.9 Å². The van der Waals surface area contributed by atoms with Gasteiger partial charge in [0, 0.05) is 17.8 Å². The van der Waals surface area contributed by atoms with Gasteiger partial charge < -0.3 is 15.8 Å². The SMILES string of the molecule is COc1cc(N)ccc1C(=O)NC1CCC(C)C(C)C1. The van der Waals surface area contributed by atoms with Crippen LogP contribution in [0, 0.1) is 11.8 Å². The van der Waals surface area contributed by atoms with Crippen molar-refractivity contribution in [3.05, 3.63) is 23.8 Å². The van der Waals surface area contributed by atoms with Crippen LogP contribution in [0.4, 0.5) is 5.69 Å². The third-order valence-corrected chi connectivity index (χ3v) is 4.40. The molecule has 0 spiro atoms. The number of benzene rings is 1. The molecule has 1 amide bonds. The van der Waals surface area contributed by atoms with Gasteiger partial charge in [0.05, 0.1) is 12.7 Å². The molecule has 3 N–H and O–H groups in total. The van der Waals surface area contributed by atoms with Gasteiger partial charge in [-0.05, 0) is 43.2 Å². The van der Waals surface area contributed by atoms with Gasteiger partial charge in [-0.1, -0.05) is 13.8 Å². The van der Waals surface area contributed by atoms with Crippen LogP contribution in [0.1, 0.15) is 43.5 Å². The van der Waals surface area contributed by atoms with Crippen molar-refractivity contribution in [1.82, 2.24) is 5.32 Å². The normalized spacial score (nSPS) is 26.1. The van der Waals surface area contributed by atoms with Crippen molar-refractivity contribution in [2.45, 2.75) is 39.2 Å². The van der Waals surface area contributed by atoms with Crippen molar-refractivity contribution in [3.8, 4) is 5.75 Å². The molecule has 20 heavy (non-hydrogen) atoms. The monoisotopic (exact) mass is 276 g/mol. The fourth-order valence-corrected chi connectivity index (χ4v) is 2.84. The topological polar surface area (TPSA) is 64.3 Å². The second-order valence-corrected chi connectivity index (χ2v) is 5.90. The summed E-state index contributed by atoms with van der Waals surface area (Å²) >= 11 is 0. The number of nitrogen functional groups attached to an aromatic ring is 1. The highest BCUT2D eigenvalue weighted by atomic mass is 16.5. The molecule has 0 saturated heterocycles. The lowest BCUT2D eigenvalue weighted by atomic mass is 9.79. The van der Waals surface area contributed by atoms with Crippen LogP contribution in [-0.4, -0.2) is 19.1 Å². The lowest BCUT2D eigenvalue weighted by Crippen LogP contribution is -2.39. The van der Waals surface area contributed by atoms with Gasteiger partial charge in [0.15, 0.2) is 0 Å². The van der Waals surface area contributed by atoms with E-state index in [0.717, 1.165) is 18.8 Å². The molecule has 3 atom stereocenters. The highest BCUT2D eigenvalue weighted by molar-refractivity contribution is 5.97. The second-order valence-electron chi connectivity index (χ2n) is 5.90. The number of hydrogen-bond acceptors (Lipinski definition) is 3. The molecule has 4 heteroatoms. The number of anilines is 1. The molecule has 1 aromatic rings. The fourth-order valence-electron chi connectivity index (χ4n) is 2.84. The van der Waals surface area contributed by atoms with Crippen molar-refractivity contribution in [3.63, 3.8) is 0 Å². The molecule has 0 aromatic heterocycles. The molecule has 1 aliphatic rings.